The highest BCUT2D eigenvalue weighted by molar-refractivity contribution is 6.23. The van der Waals surface area contributed by atoms with E-state index in [0.717, 1.165) is 22.3 Å². The minimum absolute atomic E-state index is 0.0673. The Bertz CT molecular complexity index is 579. The van der Waals surface area contributed by atoms with Gasteiger partial charge in [-0.2, -0.15) is 0 Å². The fourth-order valence-electron chi connectivity index (χ4n) is 2.51. The van der Waals surface area contributed by atoms with Gasteiger partial charge in [0.15, 0.2) is 0 Å². The van der Waals surface area contributed by atoms with Crippen molar-refractivity contribution in [2.45, 2.75) is 0 Å². The number of amides is 1. The van der Waals surface area contributed by atoms with Crippen LogP contribution >= 0.6 is 0 Å². The molecule has 0 aliphatic heterocycles. The van der Waals surface area contributed by atoms with E-state index in [1.807, 2.05) is 36.4 Å². The number of hydrogen-bond donors (Lipinski definition) is 1. The Morgan fingerprint density at radius 1 is 0.842 bits per heavy atom. The van der Waals surface area contributed by atoms with E-state index in [4.69, 9.17) is 0 Å². The third-order valence-electron chi connectivity index (χ3n) is 3.46. The van der Waals surface area contributed by atoms with Crippen molar-refractivity contribution in [3.05, 3.63) is 71.8 Å². The van der Waals surface area contributed by atoms with Gasteiger partial charge in [0.2, 0.25) is 5.91 Å². The molecule has 0 heterocycles. The summed E-state index contributed by atoms with van der Waals surface area (Å²) >= 11 is 0. The number of carbonyl (C=O) groups excluding carboxylic acids is 1. The van der Waals surface area contributed by atoms with E-state index in [2.05, 4.69) is 29.6 Å². The van der Waals surface area contributed by atoms with Gasteiger partial charge >= 0.3 is 0 Å². The van der Waals surface area contributed by atoms with Crippen LogP contribution in [0, 0.1) is 5.92 Å². The van der Waals surface area contributed by atoms with Crippen LogP contribution in [0.4, 0.5) is 0 Å². The molecule has 1 aliphatic carbocycles. The van der Waals surface area contributed by atoms with E-state index in [9.17, 15) is 4.79 Å². The molecule has 0 unspecified atom stereocenters. The Hall–Kier alpha value is -2.35. The van der Waals surface area contributed by atoms with Crippen molar-refractivity contribution in [1.82, 2.24) is 5.32 Å². The molecule has 0 bridgehead atoms. The summed E-state index contributed by atoms with van der Waals surface area (Å²) in [6, 6.07) is 20.2. The maximum atomic E-state index is 12.0. The first-order valence-electron chi connectivity index (χ1n) is 6.39. The zero-order chi connectivity index (χ0) is 13.2. The molecule has 0 radical (unpaired) electrons. The molecule has 0 aromatic heterocycles. The van der Waals surface area contributed by atoms with E-state index in [1.54, 1.807) is 7.05 Å². The van der Waals surface area contributed by atoms with Gasteiger partial charge in [0.1, 0.15) is 0 Å². The average Bonchev–Trinajstić information content (AvgIpc) is 3.24. The Morgan fingerprint density at radius 3 is 1.63 bits per heavy atom. The third-order valence-corrected chi connectivity index (χ3v) is 3.46. The average molecular weight is 249 g/mol. The van der Waals surface area contributed by atoms with Crippen molar-refractivity contribution in [1.29, 1.82) is 0 Å². The number of nitrogens with one attached hydrogen (secondary N) is 1. The van der Waals surface area contributed by atoms with Gasteiger partial charge in [-0.3, -0.25) is 4.79 Å². The van der Waals surface area contributed by atoms with Gasteiger partial charge in [-0.25, -0.2) is 0 Å². The summed E-state index contributed by atoms with van der Waals surface area (Å²) in [6.07, 6.45) is 0. The summed E-state index contributed by atoms with van der Waals surface area (Å²) < 4.78 is 0. The fourth-order valence-corrected chi connectivity index (χ4v) is 2.51. The lowest BCUT2D eigenvalue weighted by atomic mass is 10.1. The Morgan fingerprint density at radius 2 is 1.26 bits per heavy atom. The van der Waals surface area contributed by atoms with Gasteiger partial charge in [0, 0.05) is 7.05 Å². The zero-order valence-electron chi connectivity index (χ0n) is 10.8. The van der Waals surface area contributed by atoms with Crippen LogP contribution in [-0.4, -0.2) is 13.0 Å². The lowest BCUT2D eigenvalue weighted by Crippen LogP contribution is -2.21. The van der Waals surface area contributed by atoms with E-state index in [1.165, 1.54) is 0 Å². The predicted molar refractivity (Wildman–Crippen MR) is 77.3 cm³/mol. The van der Waals surface area contributed by atoms with Crippen molar-refractivity contribution in [2.24, 2.45) is 5.92 Å². The molecule has 0 saturated carbocycles. The van der Waals surface area contributed by atoms with Crippen molar-refractivity contribution in [3.8, 4) is 0 Å². The van der Waals surface area contributed by atoms with Gasteiger partial charge in [-0.15, -0.1) is 0 Å². The summed E-state index contributed by atoms with van der Waals surface area (Å²) in [5.41, 5.74) is 4.56. The highest BCUT2D eigenvalue weighted by atomic mass is 16.1. The molecule has 2 aromatic carbocycles. The van der Waals surface area contributed by atoms with Crippen LogP contribution in [0.3, 0.4) is 0 Å². The first kappa shape index (κ1) is 11.7. The van der Waals surface area contributed by atoms with E-state index < -0.39 is 0 Å². The summed E-state index contributed by atoms with van der Waals surface area (Å²) in [5, 5.41) is 2.75. The van der Waals surface area contributed by atoms with Crippen molar-refractivity contribution in [3.63, 3.8) is 0 Å². The first-order valence-corrected chi connectivity index (χ1v) is 6.39. The van der Waals surface area contributed by atoms with Crippen LogP contribution in [0.5, 0.6) is 0 Å². The molecule has 1 N–H and O–H groups in total. The van der Waals surface area contributed by atoms with Crippen molar-refractivity contribution >= 4 is 17.1 Å². The van der Waals surface area contributed by atoms with Gasteiger partial charge in [-0.1, -0.05) is 60.7 Å². The molecular formula is C17H15NO. The topological polar surface area (TPSA) is 29.1 Å². The Kier molecular flexibility index (Phi) is 2.92. The van der Waals surface area contributed by atoms with Crippen LogP contribution in [-0.2, 0) is 4.79 Å². The molecule has 94 valence electrons. The third kappa shape index (κ3) is 2.06. The van der Waals surface area contributed by atoms with Gasteiger partial charge in [0.25, 0.3) is 0 Å². The molecule has 2 heteroatoms. The Balaban J connectivity index is 2.03. The van der Waals surface area contributed by atoms with Crippen LogP contribution in [0.1, 0.15) is 11.1 Å². The van der Waals surface area contributed by atoms with Crippen molar-refractivity contribution in [2.75, 3.05) is 7.05 Å². The van der Waals surface area contributed by atoms with Crippen LogP contribution in [0.15, 0.2) is 60.7 Å². The molecule has 0 spiro atoms. The minimum Gasteiger partial charge on any atom is -0.358 e. The largest absolute Gasteiger partial charge is 0.358 e. The first-order chi connectivity index (χ1) is 9.33. The summed E-state index contributed by atoms with van der Waals surface area (Å²) in [6.45, 7) is 0. The van der Waals surface area contributed by atoms with E-state index in [-0.39, 0.29) is 11.8 Å². The second-order valence-corrected chi connectivity index (χ2v) is 4.61. The molecular weight excluding hydrogens is 234 g/mol. The molecule has 0 saturated heterocycles. The normalized spacial score (nSPS) is 14.4. The smallest absolute Gasteiger partial charge is 0.231 e. The molecule has 2 nitrogen and oxygen atoms in total. The standard InChI is InChI=1S/C17H15NO/c1-18-17(19)16-14(12-8-4-2-5-9-12)15(16)13-10-6-3-7-11-13/h2-11,16H,1H3,(H,18,19). The zero-order valence-corrected chi connectivity index (χ0v) is 10.8. The van der Waals surface area contributed by atoms with Crippen LogP contribution in [0.2, 0.25) is 0 Å². The SMILES string of the molecule is CNC(=O)C1C(c2ccccc2)=C1c1ccccc1. The van der Waals surface area contributed by atoms with E-state index >= 15 is 0 Å². The molecule has 3 rings (SSSR count). The molecule has 1 aliphatic rings. The monoisotopic (exact) mass is 249 g/mol. The van der Waals surface area contributed by atoms with Gasteiger partial charge < -0.3 is 5.32 Å². The minimum atomic E-state index is -0.102. The summed E-state index contributed by atoms with van der Waals surface area (Å²) in [7, 11) is 1.69. The molecule has 0 fully saturated rings. The molecule has 1 amide bonds. The molecule has 0 atom stereocenters. The highest BCUT2D eigenvalue weighted by Crippen LogP contribution is 2.53. The second kappa shape index (κ2) is 4.73. The maximum Gasteiger partial charge on any atom is 0.231 e. The van der Waals surface area contributed by atoms with E-state index in [0.29, 0.717) is 0 Å². The quantitative estimate of drug-likeness (QED) is 0.890. The molecule has 2 aromatic rings. The predicted octanol–water partition coefficient (Wildman–Crippen LogP) is 2.97. The Labute approximate surface area is 112 Å². The van der Waals surface area contributed by atoms with Crippen LogP contribution in [0.25, 0.3) is 11.1 Å². The number of rotatable bonds is 3. The second-order valence-electron chi connectivity index (χ2n) is 4.61. The maximum absolute atomic E-state index is 12.0. The van der Waals surface area contributed by atoms with Crippen LogP contribution < -0.4 is 5.32 Å². The lowest BCUT2D eigenvalue weighted by Gasteiger charge is -2.00. The number of hydrogen-bond acceptors (Lipinski definition) is 1. The van der Waals surface area contributed by atoms with Gasteiger partial charge in [-0.05, 0) is 22.3 Å². The fraction of sp³-hybridized carbons (Fsp3) is 0.118. The highest BCUT2D eigenvalue weighted by Gasteiger charge is 2.43. The van der Waals surface area contributed by atoms with Crippen molar-refractivity contribution < 1.29 is 4.79 Å². The molecule has 19 heavy (non-hydrogen) atoms. The lowest BCUT2D eigenvalue weighted by molar-refractivity contribution is -0.120. The number of carbonyl (C=O) groups is 1. The summed E-state index contributed by atoms with van der Waals surface area (Å²) in [4.78, 5) is 12.0. The number of benzene rings is 2. The summed E-state index contributed by atoms with van der Waals surface area (Å²) in [5.74, 6) is -0.0347. The van der Waals surface area contributed by atoms with Gasteiger partial charge in [0.05, 0.1) is 5.92 Å².